The first-order valence-corrected chi connectivity index (χ1v) is 7.13. The van der Waals surface area contributed by atoms with E-state index >= 15 is 0 Å². The van der Waals surface area contributed by atoms with Gasteiger partial charge in [0, 0.05) is 25.3 Å². The van der Waals surface area contributed by atoms with E-state index in [2.05, 4.69) is 17.2 Å². The van der Waals surface area contributed by atoms with Crippen molar-refractivity contribution in [3.8, 4) is 0 Å². The number of carbonyl (C=O) groups excluding carboxylic acids is 1. The summed E-state index contributed by atoms with van der Waals surface area (Å²) in [5.74, 6) is -0.340. The molecule has 4 nitrogen and oxygen atoms in total. The van der Waals surface area contributed by atoms with Gasteiger partial charge in [-0.1, -0.05) is 18.2 Å². The van der Waals surface area contributed by atoms with Crippen molar-refractivity contribution in [1.29, 1.82) is 0 Å². The summed E-state index contributed by atoms with van der Waals surface area (Å²) in [7, 11) is 0. The van der Waals surface area contributed by atoms with Gasteiger partial charge in [-0.2, -0.15) is 0 Å². The molecule has 0 unspecified atom stereocenters. The lowest BCUT2D eigenvalue weighted by molar-refractivity contribution is -0.120. The van der Waals surface area contributed by atoms with Crippen LogP contribution in [0.15, 0.2) is 36.9 Å². The molecule has 1 fully saturated rings. The Morgan fingerprint density at radius 3 is 2.62 bits per heavy atom. The monoisotopic (exact) mass is 292 g/mol. The number of hydrogen-bond donors (Lipinski definition) is 2. The normalized spacial score (nSPS) is 17.2. The quantitative estimate of drug-likeness (QED) is 0.785. The lowest BCUT2D eigenvalue weighted by Gasteiger charge is -2.38. The summed E-state index contributed by atoms with van der Waals surface area (Å²) < 4.78 is 18.5. The molecule has 1 aromatic carbocycles. The molecular formula is C16H21FN2O2. The van der Waals surface area contributed by atoms with Crippen molar-refractivity contribution in [2.45, 2.75) is 18.4 Å². The van der Waals surface area contributed by atoms with Crippen molar-refractivity contribution in [3.05, 3.63) is 48.3 Å². The van der Waals surface area contributed by atoms with Crippen LogP contribution in [0.25, 0.3) is 0 Å². The second-order valence-corrected chi connectivity index (χ2v) is 5.15. The number of rotatable bonds is 6. The Kier molecular flexibility index (Phi) is 5.47. The Morgan fingerprint density at radius 1 is 1.33 bits per heavy atom. The lowest BCUT2D eigenvalue weighted by atomic mass is 9.82. The van der Waals surface area contributed by atoms with Gasteiger partial charge in [0.1, 0.15) is 5.82 Å². The van der Waals surface area contributed by atoms with Crippen LogP contribution in [0.4, 0.5) is 4.39 Å². The largest absolute Gasteiger partial charge is 0.381 e. The number of hydrogen-bond acceptors (Lipinski definition) is 3. The van der Waals surface area contributed by atoms with Crippen molar-refractivity contribution >= 4 is 5.91 Å². The average Bonchev–Trinajstić information content (AvgIpc) is 2.52. The SMILES string of the molecule is C=CCNC(=O)CNC1(c2ccc(F)cc2)CCOCC1. The van der Waals surface area contributed by atoms with E-state index < -0.39 is 0 Å². The van der Waals surface area contributed by atoms with E-state index in [9.17, 15) is 9.18 Å². The second kappa shape index (κ2) is 7.33. The standard InChI is InChI=1S/C16H21FN2O2/c1-2-9-18-15(20)12-19-16(7-10-21-11-8-16)13-3-5-14(17)6-4-13/h2-6,19H,1,7-12H2,(H,18,20). The fourth-order valence-electron chi connectivity index (χ4n) is 2.55. The molecule has 2 N–H and O–H groups in total. The molecule has 1 aliphatic rings. The number of carbonyl (C=O) groups is 1. The molecule has 1 aliphatic heterocycles. The van der Waals surface area contributed by atoms with Gasteiger partial charge in [-0.05, 0) is 30.5 Å². The first-order chi connectivity index (χ1) is 10.2. The van der Waals surface area contributed by atoms with Gasteiger partial charge in [-0.25, -0.2) is 4.39 Å². The molecule has 0 spiro atoms. The van der Waals surface area contributed by atoms with Crippen LogP contribution in [-0.4, -0.2) is 32.2 Å². The van der Waals surface area contributed by atoms with Crippen LogP contribution in [0, 0.1) is 5.82 Å². The molecule has 1 aromatic rings. The molecule has 21 heavy (non-hydrogen) atoms. The van der Waals surface area contributed by atoms with Crippen LogP contribution in [0.2, 0.25) is 0 Å². The maximum Gasteiger partial charge on any atom is 0.234 e. The Morgan fingerprint density at radius 2 is 2.00 bits per heavy atom. The first kappa shape index (κ1) is 15.7. The zero-order valence-corrected chi connectivity index (χ0v) is 12.0. The molecule has 1 amide bonds. The van der Waals surface area contributed by atoms with Gasteiger partial charge in [0.05, 0.1) is 6.54 Å². The predicted octanol–water partition coefficient (Wildman–Crippen LogP) is 1.72. The number of benzene rings is 1. The predicted molar refractivity (Wildman–Crippen MR) is 79.3 cm³/mol. The Balaban J connectivity index is 2.08. The van der Waals surface area contributed by atoms with Gasteiger partial charge in [-0.15, -0.1) is 6.58 Å². The summed E-state index contributed by atoms with van der Waals surface area (Å²) in [6.45, 7) is 5.48. The minimum Gasteiger partial charge on any atom is -0.381 e. The smallest absolute Gasteiger partial charge is 0.234 e. The minimum absolute atomic E-state index is 0.0807. The highest BCUT2D eigenvalue weighted by Crippen LogP contribution is 2.32. The van der Waals surface area contributed by atoms with E-state index in [-0.39, 0.29) is 23.8 Å². The molecule has 114 valence electrons. The lowest BCUT2D eigenvalue weighted by Crippen LogP contribution is -2.50. The van der Waals surface area contributed by atoms with Crippen molar-refractivity contribution < 1.29 is 13.9 Å². The van der Waals surface area contributed by atoms with Gasteiger partial charge in [0.15, 0.2) is 0 Å². The molecular weight excluding hydrogens is 271 g/mol. The third-order valence-corrected chi connectivity index (χ3v) is 3.77. The molecule has 2 rings (SSSR count). The summed E-state index contributed by atoms with van der Waals surface area (Å²) in [4.78, 5) is 11.8. The maximum absolute atomic E-state index is 13.1. The van der Waals surface area contributed by atoms with Crippen molar-refractivity contribution in [2.75, 3.05) is 26.3 Å². The molecule has 1 heterocycles. The molecule has 0 aliphatic carbocycles. The Bertz CT molecular complexity index is 482. The van der Waals surface area contributed by atoms with Gasteiger partial charge in [0.2, 0.25) is 5.91 Å². The number of halogens is 1. The number of amides is 1. The van der Waals surface area contributed by atoms with E-state index in [4.69, 9.17) is 4.74 Å². The minimum atomic E-state index is -0.336. The van der Waals surface area contributed by atoms with Crippen molar-refractivity contribution in [3.63, 3.8) is 0 Å². The molecule has 5 heteroatoms. The van der Waals surface area contributed by atoms with Gasteiger partial charge in [-0.3, -0.25) is 10.1 Å². The first-order valence-electron chi connectivity index (χ1n) is 7.13. The number of nitrogens with one attached hydrogen (secondary N) is 2. The highest BCUT2D eigenvalue weighted by molar-refractivity contribution is 5.78. The highest BCUT2D eigenvalue weighted by atomic mass is 19.1. The van der Waals surface area contributed by atoms with E-state index in [1.165, 1.54) is 12.1 Å². The molecule has 0 aromatic heterocycles. The van der Waals surface area contributed by atoms with Crippen LogP contribution < -0.4 is 10.6 Å². The molecule has 0 saturated carbocycles. The summed E-state index contributed by atoms with van der Waals surface area (Å²) in [6, 6.07) is 6.45. The zero-order valence-electron chi connectivity index (χ0n) is 12.0. The molecule has 0 atom stereocenters. The van der Waals surface area contributed by atoms with E-state index in [1.807, 2.05) is 0 Å². The van der Waals surface area contributed by atoms with Crippen LogP contribution in [0.5, 0.6) is 0 Å². The highest BCUT2D eigenvalue weighted by Gasteiger charge is 2.34. The molecule has 0 bridgehead atoms. The van der Waals surface area contributed by atoms with Crippen LogP contribution >= 0.6 is 0 Å². The topological polar surface area (TPSA) is 50.4 Å². The Labute approximate surface area is 124 Å². The zero-order chi connectivity index (χ0) is 15.1. The van der Waals surface area contributed by atoms with Crippen molar-refractivity contribution in [2.24, 2.45) is 0 Å². The third kappa shape index (κ3) is 4.12. The fraction of sp³-hybridized carbons (Fsp3) is 0.438. The van der Waals surface area contributed by atoms with Crippen molar-refractivity contribution in [1.82, 2.24) is 10.6 Å². The summed E-state index contributed by atoms with van der Waals surface area (Å²) >= 11 is 0. The van der Waals surface area contributed by atoms with Gasteiger partial charge in [0.25, 0.3) is 0 Å². The summed E-state index contributed by atoms with van der Waals surface area (Å²) in [5.41, 5.74) is 0.654. The van der Waals surface area contributed by atoms with Crippen LogP contribution in [0.3, 0.4) is 0 Å². The molecule has 0 radical (unpaired) electrons. The second-order valence-electron chi connectivity index (χ2n) is 5.15. The maximum atomic E-state index is 13.1. The van der Waals surface area contributed by atoms with E-state index in [0.717, 1.165) is 18.4 Å². The molecule has 1 saturated heterocycles. The fourth-order valence-corrected chi connectivity index (χ4v) is 2.55. The van der Waals surface area contributed by atoms with Crippen LogP contribution in [-0.2, 0) is 15.1 Å². The van der Waals surface area contributed by atoms with Gasteiger partial charge < -0.3 is 10.1 Å². The third-order valence-electron chi connectivity index (χ3n) is 3.77. The average molecular weight is 292 g/mol. The van der Waals surface area contributed by atoms with E-state index in [1.54, 1.807) is 18.2 Å². The van der Waals surface area contributed by atoms with Crippen LogP contribution in [0.1, 0.15) is 18.4 Å². The Hall–Kier alpha value is -1.72. The summed E-state index contributed by atoms with van der Waals surface area (Å²) in [5, 5.41) is 6.07. The van der Waals surface area contributed by atoms with E-state index in [0.29, 0.717) is 19.8 Å². The number of ether oxygens (including phenoxy) is 1. The van der Waals surface area contributed by atoms with Gasteiger partial charge >= 0.3 is 0 Å². The summed E-state index contributed by atoms with van der Waals surface area (Å²) in [6.07, 6.45) is 3.16.